The summed E-state index contributed by atoms with van der Waals surface area (Å²) in [5.74, 6) is 1.25. The van der Waals surface area contributed by atoms with Gasteiger partial charge in [-0.25, -0.2) is 4.98 Å². The Morgan fingerprint density at radius 1 is 0.935 bits per heavy atom. The molecule has 1 aliphatic rings. The predicted molar refractivity (Wildman–Crippen MR) is 126 cm³/mol. The molecule has 1 amide bonds. The number of hydrogen-bond donors (Lipinski definition) is 0. The Kier molecular flexibility index (Phi) is 4.85. The topological polar surface area (TPSA) is 38.1 Å². The summed E-state index contributed by atoms with van der Waals surface area (Å²) in [6.07, 6.45) is 0.490. The van der Waals surface area contributed by atoms with Crippen molar-refractivity contribution in [1.29, 1.82) is 0 Å². The third kappa shape index (κ3) is 3.63. The standard InChI is InChI=1S/C27H27N3O/c1-18-12-19(2)14-23(13-18)29-17-22(15-26(29)31)27-28-24-10-6-7-11-25(24)30(27)16-21-9-5-4-8-20(21)3/h4-14,22H,15-17H2,1-3H3. The van der Waals surface area contributed by atoms with Gasteiger partial charge < -0.3 is 9.47 Å². The molecule has 156 valence electrons. The first-order valence-electron chi connectivity index (χ1n) is 10.9. The largest absolute Gasteiger partial charge is 0.323 e. The van der Waals surface area contributed by atoms with Gasteiger partial charge >= 0.3 is 0 Å². The molecular formula is C27H27N3O. The Labute approximate surface area is 183 Å². The second-order valence-electron chi connectivity index (χ2n) is 8.72. The monoisotopic (exact) mass is 409 g/mol. The van der Waals surface area contributed by atoms with Gasteiger partial charge in [-0.3, -0.25) is 4.79 Å². The number of nitrogens with zero attached hydrogens (tertiary/aromatic N) is 3. The fourth-order valence-electron chi connectivity index (χ4n) is 4.77. The van der Waals surface area contributed by atoms with Crippen molar-refractivity contribution < 1.29 is 4.79 Å². The summed E-state index contributed by atoms with van der Waals surface area (Å²) >= 11 is 0. The molecule has 1 unspecified atom stereocenters. The second kappa shape index (κ2) is 7.69. The third-order valence-electron chi connectivity index (χ3n) is 6.28. The summed E-state index contributed by atoms with van der Waals surface area (Å²) in [6, 6.07) is 23.1. The van der Waals surface area contributed by atoms with Crippen LogP contribution in [0.15, 0.2) is 66.7 Å². The van der Waals surface area contributed by atoms with Gasteiger partial charge in [0.2, 0.25) is 5.91 Å². The maximum absolute atomic E-state index is 13.0. The highest BCUT2D eigenvalue weighted by molar-refractivity contribution is 5.96. The SMILES string of the molecule is Cc1cc(C)cc(N2CC(c3nc4ccccc4n3Cc3ccccc3C)CC2=O)c1. The molecule has 0 radical (unpaired) electrons. The van der Waals surface area contributed by atoms with Crippen LogP contribution in [0.2, 0.25) is 0 Å². The van der Waals surface area contributed by atoms with E-state index in [1.54, 1.807) is 0 Å². The van der Waals surface area contributed by atoms with Crippen molar-refractivity contribution in [2.45, 2.75) is 39.7 Å². The number of aromatic nitrogens is 2. The first-order chi connectivity index (χ1) is 15.0. The molecule has 4 heteroatoms. The van der Waals surface area contributed by atoms with E-state index in [-0.39, 0.29) is 11.8 Å². The Bertz CT molecular complexity index is 1270. The molecule has 0 N–H and O–H groups in total. The Balaban J connectivity index is 1.54. The molecule has 1 aliphatic heterocycles. The predicted octanol–water partition coefficient (Wildman–Crippen LogP) is 5.53. The van der Waals surface area contributed by atoms with Crippen LogP contribution in [0.3, 0.4) is 0 Å². The van der Waals surface area contributed by atoms with Gasteiger partial charge in [-0.15, -0.1) is 0 Å². The Morgan fingerprint density at radius 3 is 2.42 bits per heavy atom. The molecule has 1 atom stereocenters. The van der Waals surface area contributed by atoms with E-state index in [1.807, 2.05) is 11.0 Å². The fraction of sp³-hybridized carbons (Fsp3) is 0.259. The summed E-state index contributed by atoms with van der Waals surface area (Å²) in [6.45, 7) is 7.73. The van der Waals surface area contributed by atoms with Crippen LogP contribution in [0.1, 0.15) is 40.4 Å². The molecule has 0 bridgehead atoms. The highest BCUT2D eigenvalue weighted by Crippen LogP contribution is 2.34. The van der Waals surface area contributed by atoms with E-state index < -0.39 is 0 Å². The van der Waals surface area contributed by atoms with Gasteiger partial charge in [-0.1, -0.05) is 42.5 Å². The van der Waals surface area contributed by atoms with Gasteiger partial charge in [0.05, 0.1) is 11.0 Å². The van der Waals surface area contributed by atoms with Crippen LogP contribution >= 0.6 is 0 Å². The first kappa shape index (κ1) is 19.6. The number of amides is 1. The number of anilines is 1. The highest BCUT2D eigenvalue weighted by atomic mass is 16.2. The summed E-state index contributed by atoms with van der Waals surface area (Å²) in [4.78, 5) is 19.9. The quantitative estimate of drug-likeness (QED) is 0.444. The molecule has 0 saturated carbocycles. The van der Waals surface area contributed by atoms with Crippen LogP contribution in [0.4, 0.5) is 5.69 Å². The molecule has 4 nitrogen and oxygen atoms in total. The van der Waals surface area contributed by atoms with Crippen molar-refractivity contribution in [3.63, 3.8) is 0 Å². The molecule has 0 spiro atoms. The highest BCUT2D eigenvalue weighted by Gasteiger charge is 2.35. The van der Waals surface area contributed by atoms with Crippen molar-refractivity contribution in [2.75, 3.05) is 11.4 Å². The van der Waals surface area contributed by atoms with E-state index in [2.05, 4.69) is 86.0 Å². The Hall–Kier alpha value is -3.40. The zero-order valence-electron chi connectivity index (χ0n) is 18.3. The summed E-state index contributed by atoms with van der Waals surface area (Å²) in [7, 11) is 0. The molecule has 31 heavy (non-hydrogen) atoms. The number of hydrogen-bond acceptors (Lipinski definition) is 2. The van der Waals surface area contributed by atoms with Crippen molar-refractivity contribution in [3.05, 3.63) is 94.8 Å². The maximum atomic E-state index is 13.0. The third-order valence-corrected chi connectivity index (χ3v) is 6.28. The van der Waals surface area contributed by atoms with Crippen molar-refractivity contribution >= 4 is 22.6 Å². The molecule has 3 aromatic carbocycles. The first-order valence-corrected chi connectivity index (χ1v) is 10.9. The molecular weight excluding hydrogens is 382 g/mol. The van der Waals surface area contributed by atoms with Crippen LogP contribution in [0.5, 0.6) is 0 Å². The number of carbonyl (C=O) groups is 1. The van der Waals surface area contributed by atoms with E-state index in [0.717, 1.165) is 29.1 Å². The minimum Gasteiger partial charge on any atom is -0.323 e. The number of carbonyl (C=O) groups excluding carboxylic acids is 1. The average molecular weight is 410 g/mol. The Morgan fingerprint density at radius 2 is 1.65 bits per heavy atom. The second-order valence-corrected chi connectivity index (χ2v) is 8.72. The number of para-hydroxylation sites is 2. The van der Waals surface area contributed by atoms with Crippen LogP contribution in [0, 0.1) is 20.8 Å². The fourth-order valence-corrected chi connectivity index (χ4v) is 4.77. The minimum absolute atomic E-state index is 0.0738. The van der Waals surface area contributed by atoms with Crippen LogP contribution in [0.25, 0.3) is 11.0 Å². The van der Waals surface area contributed by atoms with E-state index in [1.165, 1.54) is 22.3 Å². The molecule has 4 aromatic rings. The van der Waals surface area contributed by atoms with Gasteiger partial charge in [-0.05, 0) is 67.3 Å². The average Bonchev–Trinajstić information content (AvgIpc) is 3.30. The number of fused-ring (bicyclic) bond motifs is 1. The van der Waals surface area contributed by atoms with Crippen LogP contribution < -0.4 is 4.90 Å². The number of rotatable bonds is 4. The van der Waals surface area contributed by atoms with Crippen molar-refractivity contribution in [2.24, 2.45) is 0 Å². The van der Waals surface area contributed by atoms with Gasteiger partial charge in [0.1, 0.15) is 5.82 Å². The smallest absolute Gasteiger partial charge is 0.227 e. The number of imidazole rings is 1. The number of aryl methyl sites for hydroxylation is 3. The van der Waals surface area contributed by atoms with E-state index in [0.29, 0.717) is 13.0 Å². The van der Waals surface area contributed by atoms with Gasteiger partial charge in [-0.2, -0.15) is 0 Å². The lowest BCUT2D eigenvalue weighted by Crippen LogP contribution is -2.24. The normalized spacial score (nSPS) is 16.4. The number of benzene rings is 3. The molecule has 1 fully saturated rings. The van der Waals surface area contributed by atoms with E-state index in [4.69, 9.17) is 4.98 Å². The summed E-state index contributed by atoms with van der Waals surface area (Å²) in [5.41, 5.74) is 8.01. The van der Waals surface area contributed by atoms with Crippen LogP contribution in [-0.2, 0) is 11.3 Å². The van der Waals surface area contributed by atoms with E-state index >= 15 is 0 Å². The summed E-state index contributed by atoms with van der Waals surface area (Å²) in [5, 5.41) is 0. The summed E-state index contributed by atoms with van der Waals surface area (Å²) < 4.78 is 2.31. The van der Waals surface area contributed by atoms with E-state index in [9.17, 15) is 4.79 Å². The molecule has 1 saturated heterocycles. The maximum Gasteiger partial charge on any atom is 0.227 e. The van der Waals surface area contributed by atoms with Crippen molar-refractivity contribution in [3.8, 4) is 0 Å². The van der Waals surface area contributed by atoms with Crippen LogP contribution in [-0.4, -0.2) is 22.0 Å². The zero-order chi connectivity index (χ0) is 21.5. The van der Waals surface area contributed by atoms with Crippen molar-refractivity contribution in [1.82, 2.24) is 9.55 Å². The lowest BCUT2D eigenvalue weighted by Gasteiger charge is -2.19. The molecule has 1 aromatic heterocycles. The molecule has 2 heterocycles. The zero-order valence-corrected chi connectivity index (χ0v) is 18.3. The molecule has 0 aliphatic carbocycles. The van der Waals surface area contributed by atoms with Gasteiger partial charge in [0, 0.05) is 31.1 Å². The van der Waals surface area contributed by atoms with Gasteiger partial charge in [0.25, 0.3) is 0 Å². The van der Waals surface area contributed by atoms with Gasteiger partial charge in [0.15, 0.2) is 0 Å². The lowest BCUT2D eigenvalue weighted by atomic mass is 10.1. The lowest BCUT2D eigenvalue weighted by molar-refractivity contribution is -0.117. The minimum atomic E-state index is 0.0738. The molecule has 5 rings (SSSR count).